The molecule has 1 aromatic heterocycles. The number of carbonyl (C=O) groups excluding carboxylic acids is 1. The first-order valence-corrected chi connectivity index (χ1v) is 7.82. The predicted octanol–water partition coefficient (Wildman–Crippen LogP) is 2.33. The average molecular weight is 351 g/mol. The average Bonchev–Trinajstić information content (AvgIpc) is 2.97. The summed E-state index contributed by atoms with van der Waals surface area (Å²) < 4.78 is 26.6. The first-order chi connectivity index (χ1) is 11.9. The van der Waals surface area contributed by atoms with Crippen molar-refractivity contribution in [1.82, 2.24) is 15.1 Å². The summed E-state index contributed by atoms with van der Waals surface area (Å²) in [7, 11) is 0. The summed E-state index contributed by atoms with van der Waals surface area (Å²) >= 11 is 0. The van der Waals surface area contributed by atoms with Crippen LogP contribution < -0.4 is 5.32 Å². The fourth-order valence-electron chi connectivity index (χ4n) is 2.50. The molecule has 0 saturated carbocycles. The molecule has 0 aliphatic rings. The molecule has 1 amide bonds. The van der Waals surface area contributed by atoms with E-state index in [4.69, 9.17) is 5.11 Å². The van der Waals surface area contributed by atoms with E-state index in [0.29, 0.717) is 18.7 Å². The van der Waals surface area contributed by atoms with Gasteiger partial charge in [-0.3, -0.25) is 9.48 Å². The number of carboxylic acid groups (broad SMARTS) is 1. The van der Waals surface area contributed by atoms with Crippen LogP contribution >= 0.6 is 0 Å². The molecule has 134 valence electrons. The van der Waals surface area contributed by atoms with Gasteiger partial charge in [0.25, 0.3) is 5.91 Å². The molecule has 0 aliphatic carbocycles. The highest BCUT2D eigenvalue weighted by molar-refractivity contribution is 5.97. The minimum Gasteiger partial charge on any atom is -0.480 e. The first kappa shape index (κ1) is 18.6. The van der Waals surface area contributed by atoms with Gasteiger partial charge in [-0.2, -0.15) is 5.10 Å². The second kappa shape index (κ2) is 8.36. The number of amides is 1. The molecule has 0 fully saturated rings. The van der Waals surface area contributed by atoms with Crippen molar-refractivity contribution in [2.45, 2.75) is 38.8 Å². The molecule has 0 spiro atoms. The summed E-state index contributed by atoms with van der Waals surface area (Å²) in [6.07, 6.45) is -1.95. The van der Waals surface area contributed by atoms with Crippen LogP contribution in [0.25, 0.3) is 0 Å². The number of nitrogens with zero attached hydrogens (tertiary/aromatic N) is 2. The van der Waals surface area contributed by atoms with Gasteiger partial charge >= 0.3 is 5.97 Å². The number of rotatable bonds is 8. The van der Waals surface area contributed by atoms with Crippen molar-refractivity contribution in [3.63, 3.8) is 0 Å². The molecule has 0 bridgehead atoms. The van der Waals surface area contributed by atoms with Crippen LogP contribution in [0.1, 0.15) is 35.0 Å². The zero-order valence-electron chi connectivity index (χ0n) is 13.7. The maximum Gasteiger partial charge on any atom is 0.326 e. The SMILES string of the molecule is CCc1c(C(=O)NC(CC(F)F)C(=O)O)cnn1Cc1ccccc1. The van der Waals surface area contributed by atoms with E-state index >= 15 is 0 Å². The molecular weight excluding hydrogens is 332 g/mol. The van der Waals surface area contributed by atoms with E-state index in [0.717, 1.165) is 5.56 Å². The van der Waals surface area contributed by atoms with Gasteiger partial charge in [0.2, 0.25) is 6.43 Å². The highest BCUT2D eigenvalue weighted by Crippen LogP contribution is 2.13. The summed E-state index contributed by atoms with van der Waals surface area (Å²) in [5.74, 6) is -2.22. The molecule has 6 nitrogen and oxygen atoms in total. The van der Waals surface area contributed by atoms with Gasteiger partial charge in [0, 0.05) is 6.42 Å². The number of alkyl halides is 2. The van der Waals surface area contributed by atoms with Gasteiger partial charge in [0.05, 0.1) is 24.0 Å². The van der Waals surface area contributed by atoms with Gasteiger partial charge in [-0.05, 0) is 12.0 Å². The Bertz CT molecular complexity index is 732. The molecule has 1 atom stereocenters. The van der Waals surface area contributed by atoms with Gasteiger partial charge in [-0.25, -0.2) is 13.6 Å². The Morgan fingerprint density at radius 2 is 1.96 bits per heavy atom. The Kier molecular flexibility index (Phi) is 6.21. The monoisotopic (exact) mass is 351 g/mol. The van der Waals surface area contributed by atoms with Crippen LogP contribution in [-0.2, 0) is 17.8 Å². The van der Waals surface area contributed by atoms with Crippen LogP contribution in [0.4, 0.5) is 8.78 Å². The van der Waals surface area contributed by atoms with Crippen LogP contribution in [-0.4, -0.2) is 39.2 Å². The lowest BCUT2D eigenvalue weighted by atomic mass is 10.1. The van der Waals surface area contributed by atoms with E-state index in [1.165, 1.54) is 6.20 Å². The third kappa shape index (κ3) is 4.85. The van der Waals surface area contributed by atoms with E-state index < -0.39 is 30.8 Å². The number of hydrogen-bond donors (Lipinski definition) is 2. The number of hydrogen-bond acceptors (Lipinski definition) is 3. The van der Waals surface area contributed by atoms with Crippen molar-refractivity contribution in [3.8, 4) is 0 Å². The number of aromatic nitrogens is 2. The molecule has 1 heterocycles. The predicted molar refractivity (Wildman–Crippen MR) is 86.7 cm³/mol. The van der Waals surface area contributed by atoms with Crippen molar-refractivity contribution in [2.75, 3.05) is 0 Å². The van der Waals surface area contributed by atoms with Crippen molar-refractivity contribution < 1.29 is 23.5 Å². The van der Waals surface area contributed by atoms with Gasteiger partial charge in [0.1, 0.15) is 6.04 Å². The number of aliphatic carboxylic acids is 1. The van der Waals surface area contributed by atoms with Crippen molar-refractivity contribution >= 4 is 11.9 Å². The quantitative estimate of drug-likeness (QED) is 0.764. The van der Waals surface area contributed by atoms with Crippen LogP contribution in [0.2, 0.25) is 0 Å². The highest BCUT2D eigenvalue weighted by atomic mass is 19.3. The van der Waals surface area contributed by atoms with Gasteiger partial charge in [-0.15, -0.1) is 0 Å². The summed E-state index contributed by atoms with van der Waals surface area (Å²) in [5, 5.41) is 15.3. The fraction of sp³-hybridized carbons (Fsp3) is 0.353. The molecule has 25 heavy (non-hydrogen) atoms. The normalized spacial score (nSPS) is 12.2. The zero-order valence-corrected chi connectivity index (χ0v) is 13.7. The molecule has 8 heteroatoms. The Balaban J connectivity index is 2.18. The van der Waals surface area contributed by atoms with Gasteiger partial charge < -0.3 is 10.4 Å². The summed E-state index contributed by atoms with van der Waals surface area (Å²) in [6.45, 7) is 2.29. The molecule has 0 radical (unpaired) electrons. The Morgan fingerprint density at radius 3 is 2.52 bits per heavy atom. The largest absolute Gasteiger partial charge is 0.480 e. The van der Waals surface area contributed by atoms with Gasteiger partial charge in [-0.1, -0.05) is 37.3 Å². The minimum absolute atomic E-state index is 0.193. The molecule has 2 rings (SSSR count). The summed E-state index contributed by atoms with van der Waals surface area (Å²) in [4.78, 5) is 23.3. The third-order valence-corrected chi connectivity index (χ3v) is 3.72. The number of carbonyl (C=O) groups is 2. The highest BCUT2D eigenvalue weighted by Gasteiger charge is 2.26. The maximum absolute atomic E-state index is 12.5. The smallest absolute Gasteiger partial charge is 0.326 e. The van der Waals surface area contributed by atoms with Crippen LogP contribution in [0.5, 0.6) is 0 Å². The molecule has 1 unspecified atom stereocenters. The Hall–Kier alpha value is -2.77. The molecule has 0 saturated heterocycles. The molecule has 0 aliphatic heterocycles. The second-order valence-electron chi connectivity index (χ2n) is 5.49. The van der Waals surface area contributed by atoms with Crippen molar-refractivity contribution in [2.24, 2.45) is 0 Å². The van der Waals surface area contributed by atoms with E-state index in [2.05, 4.69) is 10.4 Å². The molecular formula is C17H19F2N3O3. The topological polar surface area (TPSA) is 84.2 Å². The van der Waals surface area contributed by atoms with Crippen LogP contribution in [0.3, 0.4) is 0 Å². The minimum atomic E-state index is -2.83. The number of nitrogens with one attached hydrogen (secondary N) is 1. The lowest BCUT2D eigenvalue weighted by molar-refractivity contribution is -0.140. The van der Waals surface area contributed by atoms with Crippen molar-refractivity contribution in [1.29, 1.82) is 0 Å². The molecule has 2 aromatic rings. The Morgan fingerprint density at radius 1 is 1.28 bits per heavy atom. The third-order valence-electron chi connectivity index (χ3n) is 3.72. The fourth-order valence-corrected chi connectivity index (χ4v) is 2.50. The van der Waals surface area contributed by atoms with E-state index in [-0.39, 0.29) is 5.56 Å². The number of carboxylic acids is 1. The lowest BCUT2D eigenvalue weighted by Gasteiger charge is -2.14. The van der Waals surface area contributed by atoms with Gasteiger partial charge in [0.15, 0.2) is 0 Å². The number of halogens is 2. The van der Waals surface area contributed by atoms with Crippen LogP contribution in [0, 0.1) is 0 Å². The molecule has 2 N–H and O–H groups in total. The second-order valence-corrected chi connectivity index (χ2v) is 5.49. The van der Waals surface area contributed by atoms with E-state index in [1.54, 1.807) is 4.68 Å². The lowest BCUT2D eigenvalue weighted by Crippen LogP contribution is -2.42. The Labute approximate surface area is 143 Å². The summed E-state index contributed by atoms with van der Waals surface area (Å²) in [5.41, 5.74) is 1.80. The number of benzene rings is 1. The van der Waals surface area contributed by atoms with Crippen molar-refractivity contribution in [3.05, 3.63) is 53.3 Å². The maximum atomic E-state index is 12.5. The van der Waals surface area contributed by atoms with E-state index in [1.807, 2.05) is 37.3 Å². The summed E-state index contributed by atoms with van der Waals surface area (Å²) in [6, 6.07) is 7.87. The zero-order chi connectivity index (χ0) is 18.4. The van der Waals surface area contributed by atoms with E-state index in [9.17, 15) is 18.4 Å². The van der Waals surface area contributed by atoms with Crippen LogP contribution in [0.15, 0.2) is 36.5 Å². The standard InChI is InChI=1S/C17H19F2N3O3/c1-2-14-12(16(23)21-13(17(24)25)8-15(18)19)9-20-22(14)10-11-6-4-3-5-7-11/h3-7,9,13,15H,2,8,10H2,1H3,(H,21,23)(H,24,25). The molecule has 1 aromatic carbocycles. The first-order valence-electron chi connectivity index (χ1n) is 7.82.